The van der Waals surface area contributed by atoms with Gasteiger partial charge in [-0.25, -0.2) is 4.98 Å². The number of fused-ring (bicyclic) bond motifs is 1. The van der Waals surface area contributed by atoms with Crippen LogP contribution < -0.4 is 15.1 Å². The molecule has 1 aliphatic heterocycles. The Morgan fingerprint density at radius 3 is 2.37 bits per heavy atom. The van der Waals surface area contributed by atoms with Crippen molar-refractivity contribution in [1.82, 2.24) is 9.38 Å². The predicted octanol–water partition coefficient (Wildman–Crippen LogP) is 6.10. The summed E-state index contributed by atoms with van der Waals surface area (Å²) in [5.41, 5.74) is 5.63. The minimum atomic E-state index is -0.661. The highest BCUT2D eigenvalue weighted by molar-refractivity contribution is 6.47. The molecule has 1 fully saturated rings. The summed E-state index contributed by atoms with van der Waals surface area (Å²) in [6.45, 7) is 5.81. The lowest BCUT2D eigenvalue weighted by Crippen LogP contribution is -2.31. The van der Waals surface area contributed by atoms with Crippen molar-refractivity contribution in [1.29, 1.82) is 0 Å². The maximum absolute atomic E-state index is 13.5. The van der Waals surface area contributed by atoms with Crippen LogP contribution in [-0.2, 0) is 11.2 Å². The first-order valence-electron chi connectivity index (χ1n) is 14.2. The number of rotatable bonds is 7. The van der Waals surface area contributed by atoms with Crippen LogP contribution in [0.5, 0.6) is 0 Å². The molecule has 2 aromatic carbocycles. The molecule has 1 aliphatic rings. The summed E-state index contributed by atoms with van der Waals surface area (Å²) in [6, 6.07) is 31.3. The smallest absolute Gasteiger partial charge is 0.298 e. The number of benzene rings is 2. The molecule has 4 heterocycles. The van der Waals surface area contributed by atoms with E-state index in [2.05, 4.69) is 40.2 Å². The van der Waals surface area contributed by atoms with Gasteiger partial charge < -0.3 is 19.5 Å². The number of carbonyl (C=O) groups is 2. The summed E-state index contributed by atoms with van der Waals surface area (Å²) in [4.78, 5) is 36.2. The Labute approximate surface area is 240 Å². The quantitative estimate of drug-likeness (QED) is 0.198. The minimum Gasteiger partial charge on any atom is -0.370 e. The Balaban J connectivity index is 1.15. The zero-order chi connectivity index (χ0) is 28.2. The van der Waals surface area contributed by atoms with Gasteiger partial charge in [0.15, 0.2) is 0 Å². The molecule has 0 radical (unpaired) electrons. The molecule has 41 heavy (non-hydrogen) atoms. The fourth-order valence-electron chi connectivity index (χ4n) is 5.49. The normalized spacial score (nSPS) is 13.7. The molecule has 7 heteroatoms. The Hall–Kier alpha value is -4.91. The number of aryl methyl sites for hydroxylation is 1. The number of pyridine rings is 2. The van der Waals surface area contributed by atoms with E-state index in [1.54, 1.807) is 4.40 Å². The molecule has 5 aromatic rings. The summed E-state index contributed by atoms with van der Waals surface area (Å²) in [7, 11) is 0. The first-order chi connectivity index (χ1) is 20.1. The number of aromatic nitrogens is 2. The number of nitrogens with one attached hydrogen (secondary N) is 1. The Morgan fingerprint density at radius 1 is 0.805 bits per heavy atom. The highest BCUT2D eigenvalue weighted by Gasteiger charge is 2.25. The van der Waals surface area contributed by atoms with Crippen LogP contribution in [0.3, 0.4) is 0 Å². The van der Waals surface area contributed by atoms with E-state index in [4.69, 9.17) is 4.98 Å². The monoisotopic (exact) mass is 543 g/mol. The van der Waals surface area contributed by atoms with Gasteiger partial charge in [0.05, 0.1) is 0 Å². The van der Waals surface area contributed by atoms with Crippen molar-refractivity contribution in [2.45, 2.75) is 19.8 Å². The Bertz CT molecular complexity index is 1680. The van der Waals surface area contributed by atoms with Gasteiger partial charge in [-0.2, -0.15) is 0 Å². The van der Waals surface area contributed by atoms with E-state index in [0.717, 1.165) is 72.9 Å². The van der Waals surface area contributed by atoms with Crippen LogP contribution in [0.15, 0.2) is 103 Å². The van der Waals surface area contributed by atoms with Gasteiger partial charge in [-0.15, -0.1) is 0 Å². The number of amides is 1. The van der Waals surface area contributed by atoms with Crippen LogP contribution in [0, 0.1) is 0 Å². The number of anilines is 3. The fourth-order valence-corrected chi connectivity index (χ4v) is 5.49. The first-order valence-corrected chi connectivity index (χ1v) is 14.2. The molecule has 0 unspecified atom stereocenters. The Morgan fingerprint density at radius 2 is 1.56 bits per heavy atom. The molecule has 1 saturated heterocycles. The van der Waals surface area contributed by atoms with Gasteiger partial charge in [-0.05, 0) is 73.0 Å². The molecule has 0 aliphatic carbocycles. The van der Waals surface area contributed by atoms with Crippen LogP contribution in [0.4, 0.5) is 17.2 Å². The van der Waals surface area contributed by atoms with Crippen molar-refractivity contribution in [2.24, 2.45) is 0 Å². The summed E-state index contributed by atoms with van der Waals surface area (Å²) in [5.74, 6) is -0.196. The van der Waals surface area contributed by atoms with Gasteiger partial charge in [-0.3, -0.25) is 9.59 Å². The van der Waals surface area contributed by atoms with E-state index >= 15 is 0 Å². The van der Waals surface area contributed by atoms with Gasteiger partial charge in [0.25, 0.3) is 11.7 Å². The average Bonchev–Trinajstić information content (AvgIpc) is 3.24. The van der Waals surface area contributed by atoms with E-state index in [9.17, 15) is 9.59 Å². The number of hydrogen-bond acceptors (Lipinski definition) is 5. The van der Waals surface area contributed by atoms with Crippen molar-refractivity contribution < 1.29 is 9.59 Å². The minimum absolute atomic E-state index is 0.356. The molecule has 7 nitrogen and oxygen atoms in total. The SMILES string of the molecule is CCc1cccc(N2CCCN(c3ccc(NC(=O)C(=O)c4c(-c5ccccc5)cc5ccccn45)cc3)CC2)n1. The molecular formula is C34H33N5O2. The maximum Gasteiger partial charge on any atom is 0.298 e. The zero-order valence-electron chi connectivity index (χ0n) is 23.2. The number of hydrogen-bond donors (Lipinski definition) is 1. The second-order valence-electron chi connectivity index (χ2n) is 10.3. The highest BCUT2D eigenvalue weighted by Crippen LogP contribution is 2.29. The van der Waals surface area contributed by atoms with E-state index in [1.807, 2.05) is 85.1 Å². The van der Waals surface area contributed by atoms with E-state index in [-0.39, 0.29) is 0 Å². The van der Waals surface area contributed by atoms with Gasteiger partial charge in [0.2, 0.25) is 0 Å². The summed E-state index contributed by atoms with van der Waals surface area (Å²) >= 11 is 0. The Kier molecular flexibility index (Phi) is 7.50. The molecule has 1 amide bonds. The second kappa shape index (κ2) is 11.7. The molecule has 0 bridgehead atoms. The predicted molar refractivity (Wildman–Crippen MR) is 165 cm³/mol. The number of carbonyl (C=O) groups excluding carboxylic acids is 2. The van der Waals surface area contributed by atoms with Crippen molar-refractivity contribution in [3.8, 4) is 11.1 Å². The number of nitrogens with zero attached hydrogens (tertiary/aromatic N) is 4. The van der Waals surface area contributed by atoms with Crippen LogP contribution in [0.1, 0.15) is 29.5 Å². The molecule has 0 saturated carbocycles. The van der Waals surface area contributed by atoms with Crippen LogP contribution in [0.2, 0.25) is 0 Å². The molecule has 1 N–H and O–H groups in total. The molecule has 206 valence electrons. The molecule has 3 aromatic heterocycles. The van der Waals surface area contributed by atoms with Crippen LogP contribution in [0.25, 0.3) is 16.6 Å². The topological polar surface area (TPSA) is 70.0 Å². The number of ketones is 1. The van der Waals surface area contributed by atoms with Crippen LogP contribution >= 0.6 is 0 Å². The van der Waals surface area contributed by atoms with Crippen molar-refractivity contribution >= 4 is 34.4 Å². The lowest BCUT2D eigenvalue weighted by atomic mass is 10.0. The van der Waals surface area contributed by atoms with Gasteiger partial charge >= 0.3 is 0 Å². The van der Waals surface area contributed by atoms with Crippen molar-refractivity contribution in [3.05, 3.63) is 115 Å². The standard InChI is InChI=1S/C34H33N5O2/c1-2-26-12-8-14-31(35-26)38-20-9-19-37(22-23-38)28-17-15-27(16-18-28)36-34(41)33(40)32-30(25-10-4-3-5-11-25)24-29-13-6-7-21-39(29)32/h3-8,10-18,21,24H,2,9,19-20,22-23H2,1H3,(H,36,41). The second-order valence-corrected chi connectivity index (χ2v) is 10.3. The van der Waals surface area contributed by atoms with E-state index in [1.165, 1.54) is 0 Å². The largest absolute Gasteiger partial charge is 0.370 e. The van der Waals surface area contributed by atoms with Crippen molar-refractivity contribution in [2.75, 3.05) is 41.3 Å². The number of Topliss-reactive ketones (excluding diaryl/α,β-unsaturated/α-hetero) is 1. The molecule has 0 atom stereocenters. The maximum atomic E-state index is 13.5. The van der Waals surface area contributed by atoms with Gasteiger partial charge in [0.1, 0.15) is 11.5 Å². The van der Waals surface area contributed by atoms with Crippen LogP contribution in [-0.4, -0.2) is 47.3 Å². The lowest BCUT2D eigenvalue weighted by molar-refractivity contribution is -0.112. The van der Waals surface area contributed by atoms with Gasteiger partial charge in [0, 0.05) is 60.5 Å². The first kappa shape index (κ1) is 26.3. The third-order valence-corrected chi connectivity index (χ3v) is 7.65. The summed E-state index contributed by atoms with van der Waals surface area (Å²) in [6.07, 6.45) is 3.77. The zero-order valence-corrected chi connectivity index (χ0v) is 23.2. The third-order valence-electron chi connectivity index (χ3n) is 7.65. The lowest BCUT2D eigenvalue weighted by Gasteiger charge is -2.24. The molecular weight excluding hydrogens is 510 g/mol. The molecule has 0 spiro atoms. The van der Waals surface area contributed by atoms with E-state index in [0.29, 0.717) is 11.4 Å². The average molecular weight is 544 g/mol. The fraction of sp³-hybridized carbons (Fsp3) is 0.206. The third kappa shape index (κ3) is 5.57. The summed E-state index contributed by atoms with van der Waals surface area (Å²) < 4.78 is 1.78. The van der Waals surface area contributed by atoms with Crippen molar-refractivity contribution in [3.63, 3.8) is 0 Å². The van der Waals surface area contributed by atoms with E-state index < -0.39 is 11.7 Å². The van der Waals surface area contributed by atoms with Gasteiger partial charge in [-0.1, -0.05) is 49.4 Å². The highest BCUT2D eigenvalue weighted by atomic mass is 16.2. The summed E-state index contributed by atoms with van der Waals surface area (Å²) in [5, 5.41) is 2.82. The molecule has 6 rings (SSSR count).